The predicted molar refractivity (Wildman–Crippen MR) is 117 cm³/mol. The Kier molecular flexibility index (Phi) is 7.38. The Balaban J connectivity index is 1.38. The topological polar surface area (TPSA) is 54.0 Å². The third-order valence-corrected chi connectivity index (χ3v) is 7.00. The highest BCUT2D eigenvalue weighted by Gasteiger charge is 2.50. The molecule has 1 saturated carbocycles. The number of rotatable bonds is 11. The van der Waals surface area contributed by atoms with E-state index in [0.717, 1.165) is 18.2 Å². The number of allylic oxidation sites excluding steroid dienone is 1. The Labute approximate surface area is 176 Å². The maximum absolute atomic E-state index is 10.3. The van der Waals surface area contributed by atoms with Gasteiger partial charge in [-0.05, 0) is 67.5 Å². The number of aliphatic hydroxyl groups excluding tert-OH is 1. The number of methoxy groups -OCH3 is 1. The van der Waals surface area contributed by atoms with E-state index in [1.807, 2.05) is 12.1 Å². The summed E-state index contributed by atoms with van der Waals surface area (Å²) in [5.41, 5.74) is 3.08. The molecule has 2 bridgehead atoms. The van der Waals surface area contributed by atoms with Crippen LogP contribution in [0.1, 0.15) is 38.3 Å². The molecule has 5 nitrogen and oxygen atoms in total. The fourth-order valence-electron chi connectivity index (χ4n) is 4.82. The van der Waals surface area contributed by atoms with Crippen molar-refractivity contribution in [3.63, 3.8) is 0 Å². The summed E-state index contributed by atoms with van der Waals surface area (Å²) >= 11 is 0. The van der Waals surface area contributed by atoms with Crippen molar-refractivity contribution in [3.05, 3.63) is 41.5 Å². The Morgan fingerprint density at radius 3 is 2.52 bits per heavy atom. The van der Waals surface area contributed by atoms with Crippen molar-refractivity contribution in [1.82, 2.24) is 10.2 Å². The second-order valence-corrected chi connectivity index (χ2v) is 9.40. The predicted octanol–water partition coefficient (Wildman–Crippen LogP) is 3.26. The molecule has 5 heteroatoms. The van der Waals surface area contributed by atoms with Gasteiger partial charge in [0.25, 0.3) is 0 Å². The third-order valence-electron chi connectivity index (χ3n) is 7.00. The largest absolute Gasteiger partial charge is 0.497 e. The molecule has 3 aliphatic carbocycles. The summed E-state index contributed by atoms with van der Waals surface area (Å²) in [7, 11) is 5.82. The van der Waals surface area contributed by atoms with E-state index in [9.17, 15) is 5.11 Å². The van der Waals surface area contributed by atoms with Crippen molar-refractivity contribution in [3.8, 4) is 5.75 Å². The minimum atomic E-state index is -0.500. The summed E-state index contributed by atoms with van der Waals surface area (Å²) in [5.74, 6) is 2.38. The van der Waals surface area contributed by atoms with E-state index >= 15 is 0 Å². The number of fused-ring (bicyclic) bond motifs is 1. The zero-order valence-electron chi connectivity index (χ0n) is 18.6. The first-order valence-electron chi connectivity index (χ1n) is 10.8. The van der Waals surface area contributed by atoms with Crippen LogP contribution in [0.2, 0.25) is 0 Å². The standard InChI is InChI=1S/C24H38N2O3/c1-24(2)19-9-6-18(22(24)12-19)15-29-16-20(27)13-25-14-23(26(3)4)17-7-10-21(28-5)11-8-17/h6-8,10-11,19-20,22-23,25,27H,9,12-16H2,1-5H3/t19-,20-,22+,23-/m0/s1. The number of nitrogens with zero attached hydrogens (tertiary/aromatic N) is 1. The molecule has 4 atom stereocenters. The van der Waals surface area contributed by atoms with Gasteiger partial charge in [-0.25, -0.2) is 0 Å². The van der Waals surface area contributed by atoms with E-state index < -0.39 is 6.10 Å². The summed E-state index contributed by atoms with van der Waals surface area (Å²) < 4.78 is 11.1. The van der Waals surface area contributed by atoms with Crippen molar-refractivity contribution in [2.45, 2.75) is 38.8 Å². The average Bonchev–Trinajstić information content (AvgIpc) is 2.71. The van der Waals surface area contributed by atoms with Crippen molar-refractivity contribution in [2.75, 3.05) is 47.5 Å². The number of hydrogen-bond acceptors (Lipinski definition) is 5. The van der Waals surface area contributed by atoms with Gasteiger partial charge < -0.3 is 24.8 Å². The van der Waals surface area contributed by atoms with E-state index in [1.54, 1.807) is 7.11 Å². The number of likely N-dealkylation sites (N-methyl/N-ethyl adjacent to an activating group) is 1. The molecule has 162 valence electrons. The summed E-state index contributed by atoms with van der Waals surface area (Å²) in [6, 6.07) is 8.39. The zero-order valence-corrected chi connectivity index (χ0v) is 18.6. The van der Waals surface area contributed by atoms with Crippen LogP contribution in [0, 0.1) is 17.3 Å². The quantitative estimate of drug-likeness (QED) is 0.557. The molecular formula is C24H38N2O3. The Hall–Kier alpha value is -1.40. The van der Waals surface area contributed by atoms with Gasteiger partial charge in [-0.15, -0.1) is 0 Å². The molecule has 1 aromatic carbocycles. The molecule has 2 N–H and O–H groups in total. The highest BCUT2D eigenvalue weighted by molar-refractivity contribution is 5.29. The molecule has 1 fully saturated rings. The van der Waals surface area contributed by atoms with Gasteiger partial charge in [0.2, 0.25) is 0 Å². The van der Waals surface area contributed by atoms with Crippen molar-refractivity contribution in [1.29, 1.82) is 0 Å². The fourth-order valence-corrected chi connectivity index (χ4v) is 4.82. The minimum absolute atomic E-state index is 0.232. The lowest BCUT2D eigenvalue weighted by atomic mass is 9.49. The highest BCUT2D eigenvalue weighted by Crippen LogP contribution is 2.59. The number of hydrogen-bond donors (Lipinski definition) is 2. The first-order valence-corrected chi connectivity index (χ1v) is 10.8. The van der Waals surface area contributed by atoms with Crippen LogP contribution in [-0.2, 0) is 4.74 Å². The van der Waals surface area contributed by atoms with E-state index in [-0.39, 0.29) is 6.04 Å². The number of ether oxygens (including phenoxy) is 2. The van der Waals surface area contributed by atoms with E-state index in [1.165, 1.54) is 24.0 Å². The average molecular weight is 403 g/mol. The van der Waals surface area contributed by atoms with Gasteiger partial charge in [0.05, 0.1) is 26.4 Å². The third kappa shape index (κ3) is 5.21. The van der Waals surface area contributed by atoms with Crippen molar-refractivity contribution in [2.24, 2.45) is 17.3 Å². The molecule has 0 amide bonds. The zero-order chi connectivity index (χ0) is 21.0. The fraction of sp³-hybridized carbons (Fsp3) is 0.667. The van der Waals surface area contributed by atoms with E-state index in [0.29, 0.717) is 31.1 Å². The van der Waals surface area contributed by atoms with E-state index in [4.69, 9.17) is 9.47 Å². The molecule has 4 rings (SSSR count). The first kappa shape index (κ1) is 22.3. The molecule has 0 aromatic heterocycles. The normalized spacial score (nSPS) is 24.6. The molecule has 0 unspecified atom stereocenters. The van der Waals surface area contributed by atoms with Gasteiger partial charge in [-0.3, -0.25) is 0 Å². The minimum Gasteiger partial charge on any atom is -0.497 e. The maximum Gasteiger partial charge on any atom is 0.118 e. The lowest BCUT2D eigenvalue weighted by molar-refractivity contribution is -0.0235. The Morgan fingerprint density at radius 2 is 1.93 bits per heavy atom. The maximum atomic E-state index is 10.3. The second-order valence-electron chi connectivity index (χ2n) is 9.40. The smallest absolute Gasteiger partial charge is 0.118 e. The SMILES string of the molecule is COc1ccc([C@H](CNC[C@H](O)COCC2=CC[C@H]3C[C@H]2C3(C)C)N(C)C)cc1. The molecule has 29 heavy (non-hydrogen) atoms. The van der Waals surface area contributed by atoms with Crippen LogP contribution in [0.15, 0.2) is 35.9 Å². The molecule has 0 aliphatic heterocycles. The van der Waals surface area contributed by atoms with Crippen LogP contribution in [-0.4, -0.2) is 63.6 Å². The molecule has 0 spiro atoms. The van der Waals surface area contributed by atoms with Gasteiger partial charge in [0, 0.05) is 19.1 Å². The Bertz CT molecular complexity index is 684. The van der Waals surface area contributed by atoms with Gasteiger partial charge >= 0.3 is 0 Å². The lowest BCUT2D eigenvalue weighted by Crippen LogP contribution is -2.48. The summed E-state index contributed by atoms with van der Waals surface area (Å²) in [5, 5.41) is 13.7. The van der Waals surface area contributed by atoms with Gasteiger partial charge in [0.15, 0.2) is 0 Å². The number of nitrogens with one attached hydrogen (secondary N) is 1. The molecule has 3 aliphatic rings. The highest BCUT2D eigenvalue weighted by atomic mass is 16.5. The van der Waals surface area contributed by atoms with Crippen LogP contribution in [0.3, 0.4) is 0 Å². The molecule has 0 saturated heterocycles. The van der Waals surface area contributed by atoms with Gasteiger partial charge in [-0.1, -0.05) is 32.1 Å². The van der Waals surface area contributed by atoms with Gasteiger partial charge in [0.1, 0.15) is 5.75 Å². The van der Waals surface area contributed by atoms with Crippen LogP contribution in [0.25, 0.3) is 0 Å². The van der Waals surface area contributed by atoms with Crippen molar-refractivity contribution < 1.29 is 14.6 Å². The van der Waals surface area contributed by atoms with Gasteiger partial charge in [-0.2, -0.15) is 0 Å². The molecule has 1 aromatic rings. The number of benzene rings is 1. The summed E-state index contributed by atoms with van der Waals surface area (Å²) in [6.45, 7) is 7.07. The van der Waals surface area contributed by atoms with Crippen LogP contribution in [0.4, 0.5) is 0 Å². The lowest BCUT2D eigenvalue weighted by Gasteiger charge is -2.56. The van der Waals surface area contributed by atoms with E-state index in [2.05, 4.69) is 56.4 Å². The van der Waals surface area contributed by atoms with Crippen molar-refractivity contribution >= 4 is 0 Å². The second kappa shape index (κ2) is 9.61. The van der Waals surface area contributed by atoms with Crippen LogP contribution < -0.4 is 10.1 Å². The van der Waals surface area contributed by atoms with Crippen LogP contribution in [0.5, 0.6) is 5.75 Å². The monoisotopic (exact) mass is 402 g/mol. The number of aliphatic hydroxyl groups is 1. The molecular weight excluding hydrogens is 364 g/mol. The first-order chi connectivity index (χ1) is 13.8. The Morgan fingerprint density at radius 1 is 1.21 bits per heavy atom. The molecule has 0 radical (unpaired) electrons. The molecule has 0 heterocycles. The van der Waals surface area contributed by atoms with Crippen LogP contribution >= 0.6 is 0 Å². The summed E-state index contributed by atoms with van der Waals surface area (Å²) in [4.78, 5) is 2.18. The summed E-state index contributed by atoms with van der Waals surface area (Å²) in [6.07, 6.45) is 4.36.